The van der Waals surface area contributed by atoms with Crippen molar-refractivity contribution in [1.29, 1.82) is 0 Å². The quantitative estimate of drug-likeness (QED) is 0.0202. The van der Waals surface area contributed by atoms with Gasteiger partial charge in [-0.2, -0.15) is 0 Å². The fourth-order valence-corrected chi connectivity index (χ4v) is 5.21. The number of carbonyl (C=O) groups is 3. The van der Waals surface area contributed by atoms with Crippen molar-refractivity contribution in [1.82, 2.24) is 0 Å². The van der Waals surface area contributed by atoms with Crippen LogP contribution in [0.2, 0.25) is 0 Å². The van der Waals surface area contributed by atoms with Crippen molar-refractivity contribution in [2.75, 3.05) is 47.5 Å². The number of likely N-dealkylation sites (N-methyl/N-ethyl adjacent to an activating group) is 1. The number of allylic oxidation sites excluding steroid dienone is 12. The molecular weight excluding hydrogens is 695 g/mol. The number of nitrogens with zero attached hydrogens (tertiary/aromatic N) is 1. The maximum absolute atomic E-state index is 12.7. The lowest BCUT2D eigenvalue weighted by atomic mass is 10.1. The van der Waals surface area contributed by atoms with Crippen LogP contribution in [0.15, 0.2) is 72.9 Å². The Bertz CT molecular complexity index is 1130. The van der Waals surface area contributed by atoms with Crippen LogP contribution >= 0.6 is 0 Å². The Hall–Kier alpha value is -3.27. The topological polar surface area (TPSA) is 111 Å². The Kier molecular flexibility index (Phi) is 35.4. The molecule has 0 aromatic heterocycles. The van der Waals surface area contributed by atoms with Crippen LogP contribution in [0.3, 0.4) is 0 Å². The molecular formula is C46H77NO8. The maximum Gasteiger partial charge on any atom is 0.306 e. The number of unbranched alkanes of at least 4 members (excludes halogenated alkanes) is 10. The highest BCUT2D eigenvalue weighted by atomic mass is 16.7. The van der Waals surface area contributed by atoms with Crippen LogP contribution in [0.1, 0.15) is 142 Å². The largest absolute Gasteiger partial charge is 0.545 e. The second-order valence-corrected chi connectivity index (χ2v) is 14.9. The summed E-state index contributed by atoms with van der Waals surface area (Å²) in [7, 11) is 5.88. The zero-order chi connectivity index (χ0) is 40.7. The van der Waals surface area contributed by atoms with Gasteiger partial charge in [0.2, 0.25) is 0 Å². The predicted molar refractivity (Wildman–Crippen MR) is 223 cm³/mol. The van der Waals surface area contributed by atoms with Gasteiger partial charge in [0.15, 0.2) is 12.4 Å². The lowest BCUT2D eigenvalue weighted by Crippen LogP contribution is -2.44. The molecule has 0 fully saturated rings. The number of carboxylic acids is 1. The summed E-state index contributed by atoms with van der Waals surface area (Å²) < 4.78 is 22.5. The van der Waals surface area contributed by atoms with Crippen LogP contribution in [0.25, 0.3) is 0 Å². The molecule has 0 aliphatic heterocycles. The van der Waals surface area contributed by atoms with E-state index in [0.29, 0.717) is 23.9 Å². The SMILES string of the molecule is CC/C=C\C/C=C\C/C=C\CCCCCCCC(=O)OCC(COC(OCC[N+](C)(C)C)C(=O)[O-])OC(=O)CCCCCCC/C=C\C/C=C\C/C=C\CC. The molecule has 2 unspecified atom stereocenters. The average molecular weight is 772 g/mol. The predicted octanol–water partition coefficient (Wildman–Crippen LogP) is 9.44. The monoisotopic (exact) mass is 772 g/mol. The molecule has 314 valence electrons. The lowest BCUT2D eigenvalue weighted by molar-refractivity contribution is -0.870. The molecule has 0 heterocycles. The molecule has 55 heavy (non-hydrogen) atoms. The molecule has 0 saturated heterocycles. The first-order valence-corrected chi connectivity index (χ1v) is 21.1. The van der Waals surface area contributed by atoms with Crippen molar-refractivity contribution in [2.24, 2.45) is 0 Å². The summed E-state index contributed by atoms with van der Waals surface area (Å²) in [6, 6.07) is 0. The van der Waals surface area contributed by atoms with Crippen LogP contribution in [0, 0.1) is 0 Å². The molecule has 0 aromatic rings. The molecule has 9 nitrogen and oxygen atoms in total. The summed E-state index contributed by atoms with van der Waals surface area (Å²) >= 11 is 0. The summed E-state index contributed by atoms with van der Waals surface area (Å²) in [5, 5.41) is 11.7. The Labute approximate surface area is 335 Å². The van der Waals surface area contributed by atoms with Gasteiger partial charge in [-0.05, 0) is 77.0 Å². The number of carboxylic acid groups (broad SMARTS) is 1. The first-order chi connectivity index (χ1) is 26.6. The van der Waals surface area contributed by atoms with Crippen LogP contribution in [0.5, 0.6) is 0 Å². The van der Waals surface area contributed by atoms with Gasteiger partial charge in [0.1, 0.15) is 13.2 Å². The standard InChI is InChI=1S/C46H77NO8/c1-6-8-10-12-14-16-18-20-22-24-26-28-30-32-34-36-43(48)53-40-42(41-54-46(45(50)51)52-39-38-47(3,4)5)55-44(49)37-35-33-31-29-27-25-23-21-19-17-15-13-11-9-7-2/h8-11,14-17,20-23,42,46H,6-7,12-13,18-19,24-41H2,1-5H3/b10-8-,11-9-,16-14-,17-15-,22-20-,23-21-. The highest BCUT2D eigenvalue weighted by molar-refractivity contribution is 5.70. The minimum atomic E-state index is -1.63. The fraction of sp³-hybridized carbons (Fsp3) is 0.674. The molecule has 2 atom stereocenters. The Morgan fingerprint density at radius 2 is 0.982 bits per heavy atom. The van der Waals surface area contributed by atoms with Crippen LogP contribution in [0.4, 0.5) is 0 Å². The van der Waals surface area contributed by atoms with Crippen molar-refractivity contribution < 1.29 is 42.9 Å². The third kappa shape index (κ3) is 38.8. The van der Waals surface area contributed by atoms with E-state index in [-0.39, 0.29) is 38.6 Å². The number of aliphatic carboxylic acids is 1. The number of ether oxygens (including phenoxy) is 4. The van der Waals surface area contributed by atoms with Crippen molar-refractivity contribution in [2.45, 2.75) is 155 Å². The van der Waals surface area contributed by atoms with Gasteiger partial charge in [0.25, 0.3) is 0 Å². The second-order valence-electron chi connectivity index (χ2n) is 14.9. The van der Waals surface area contributed by atoms with E-state index in [0.717, 1.165) is 103 Å². The van der Waals surface area contributed by atoms with E-state index in [1.54, 1.807) is 0 Å². The van der Waals surface area contributed by atoms with E-state index in [9.17, 15) is 19.5 Å². The van der Waals surface area contributed by atoms with Crippen molar-refractivity contribution >= 4 is 17.9 Å². The Morgan fingerprint density at radius 1 is 0.545 bits per heavy atom. The smallest absolute Gasteiger partial charge is 0.306 e. The molecule has 0 spiro atoms. The molecule has 0 saturated carbocycles. The van der Waals surface area contributed by atoms with Gasteiger partial charge in [-0.3, -0.25) is 9.59 Å². The molecule has 0 radical (unpaired) electrons. The zero-order valence-electron chi connectivity index (χ0n) is 35.3. The average Bonchev–Trinajstić information content (AvgIpc) is 3.14. The summed E-state index contributed by atoms with van der Waals surface area (Å²) in [4.78, 5) is 36.9. The Balaban J connectivity index is 4.55. The fourth-order valence-electron chi connectivity index (χ4n) is 5.21. The van der Waals surface area contributed by atoms with E-state index in [1.807, 2.05) is 21.1 Å². The summed E-state index contributed by atoms with van der Waals surface area (Å²) in [5.74, 6) is -2.34. The molecule has 0 aliphatic rings. The van der Waals surface area contributed by atoms with Gasteiger partial charge in [-0.25, -0.2) is 0 Å². The minimum absolute atomic E-state index is 0.137. The van der Waals surface area contributed by atoms with Gasteiger partial charge in [-0.1, -0.05) is 125 Å². The number of carbonyl (C=O) groups excluding carboxylic acids is 3. The summed E-state index contributed by atoms with van der Waals surface area (Å²) in [5.41, 5.74) is 0. The van der Waals surface area contributed by atoms with Gasteiger partial charge in [-0.15, -0.1) is 0 Å². The van der Waals surface area contributed by atoms with Crippen LogP contribution < -0.4 is 5.11 Å². The van der Waals surface area contributed by atoms with Gasteiger partial charge in [0.05, 0.1) is 40.3 Å². The van der Waals surface area contributed by atoms with Gasteiger partial charge in [0, 0.05) is 12.8 Å². The third-order valence-electron chi connectivity index (χ3n) is 8.45. The van der Waals surface area contributed by atoms with Gasteiger partial charge < -0.3 is 33.3 Å². The Morgan fingerprint density at radius 3 is 1.45 bits per heavy atom. The first-order valence-electron chi connectivity index (χ1n) is 21.1. The highest BCUT2D eigenvalue weighted by Gasteiger charge is 2.21. The van der Waals surface area contributed by atoms with Crippen molar-refractivity contribution in [3.8, 4) is 0 Å². The van der Waals surface area contributed by atoms with E-state index in [2.05, 4.69) is 86.8 Å². The highest BCUT2D eigenvalue weighted by Crippen LogP contribution is 2.12. The number of hydrogen-bond acceptors (Lipinski definition) is 8. The number of quaternary nitrogens is 1. The summed E-state index contributed by atoms with van der Waals surface area (Å²) in [6.45, 7) is 4.44. The lowest BCUT2D eigenvalue weighted by Gasteiger charge is -2.26. The zero-order valence-corrected chi connectivity index (χ0v) is 35.3. The van der Waals surface area contributed by atoms with Crippen LogP contribution in [-0.4, -0.2) is 82.3 Å². The molecule has 0 amide bonds. The normalized spacial score (nSPS) is 13.7. The van der Waals surface area contributed by atoms with Crippen molar-refractivity contribution in [3.05, 3.63) is 72.9 Å². The van der Waals surface area contributed by atoms with Crippen molar-refractivity contribution in [3.63, 3.8) is 0 Å². The second kappa shape index (κ2) is 37.6. The van der Waals surface area contributed by atoms with E-state index in [4.69, 9.17) is 18.9 Å². The molecule has 0 bridgehead atoms. The first kappa shape index (κ1) is 51.7. The minimum Gasteiger partial charge on any atom is -0.545 e. The third-order valence-corrected chi connectivity index (χ3v) is 8.45. The van der Waals surface area contributed by atoms with E-state index in [1.165, 1.54) is 0 Å². The van der Waals surface area contributed by atoms with Crippen LogP contribution in [-0.2, 0) is 33.3 Å². The number of esters is 2. The van der Waals surface area contributed by atoms with E-state index < -0.39 is 24.3 Å². The summed E-state index contributed by atoms with van der Waals surface area (Å²) in [6.07, 6.45) is 42.2. The maximum atomic E-state index is 12.7. The number of hydrogen-bond donors (Lipinski definition) is 0. The molecule has 9 heteroatoms. The molecule has 0 aromatic carbocycles. The molecule has 0 aliphatic carbocycles. The molecule has 0 rings (SSSR count). The van der Waals surface area contributed by atoms with E-state index >= 15 is 0 Å². The molecule has 0 N–H and O–H groups in total. The van der Waals surface area contributed by atoms with Gasteiger partial charge >= 0.3 is 11.9 Å². The number of rotatable bonds is 37.